The molecule has 2 aliphatic heterocycles. The number of sulfonamides is 1. The average molecular weight is 416 g/mol. The smallest absolute Gasteiger partial charge is 0.243 e. The van der Waals surface area contributed by atoms with Crippen molar-refractivity contribution in [3.8, 4) is 0 Å². The number of hydrogen-bond acceptors (Lipinski definition) is 3. The molecule has 7 heteroatoms. The van der Waals surface area contributed by atoms with Gasteiger partial charge in [0.25, 0.3) is 0 Å². The first-order chi connectivity index (χ1) is 13.9. The van der Waals surface area contributed by atoms with Gasteiger partial charge in [0, 0.05) is 50.5 Å². The average Bonchev–Trinajstić information content (AvgIpc) is 3.29. The number of likely N-dealkylation sites (tertiary alicyclic amines) is 1. The van der Waals surface area contributed by atoms with Gasteiger partial charge in [-0.1, -0.05) is 17.7 Å². The lowest BCUT2D eigenvalue weighted by Gasteiger charge is -2.37. The van der Waals surface area contributed by atoms with Crippen molar-refractivity contribution in [2.45, 2.75) is 43.5 Å². The molecule has 0 spiro atoms. The van der Waals surface area contributed by atoms with Crippen molar-refractivity contribution in [2.75, 3.05) is 26.2 Å². The third-order valence-corrected chi connectivity index (χ3v) is 8.20. The summed E-state index contributed by atoms with van der Waals surface area (Å²) in [4.78, 5) is 15.3. The van der Waals surface area contributed by atoms with Crippen LogP contribution >= 0.6 is 0 Å². The maximum atomic E-state index is 13.0. The van der Waals surface area contributed by atoms with Gasteiger partial charge in [-0.25, -0.2) is 8.42 Å². The fraction of sp³-hybridized carbons (Fsp3) is 0.500. The van der Waals surface area contributed by atoms with Crippen LogP contribution in [0.4, 0.5) is 0 Å². The van der Waals surface area contributed by atoms with E-state index in [1.165, 1.54) is 4.31 Å². The third-order valence-electron chi connectivity index (χ3n) is 6.29. The van der Waals surface area contributed by atoms with Gasteiger partial charge in [-0.05, 0) is 56.9 Å². The number of hydrogen-bond donors (Lipinski definition) is 0. The number of amides is 1. The Balaban J connectivity index is 1.31. The van der Waals surface area contributed by atoms with Gasteiger partial charge in [0.1, 0.15) is 0 Å². The van der Waals surface area contributed by atoms with Gasteiger partial charge in [0.05, 0.1) is 4.90 Å². The summed E-state index contributed by atoms with van der Waals surface area (Å²) in [7, 11) is -3.48. The molecule has 2 saturated heterocycles. The van der Waals surface area contributed by atoms with Gasteiger partial charge in [-0.3, -0.25) is 4.79 Å². The van der Waals surface area contributed by atoms with Crippen molar-refractivity contribution in [3.05, 3.63) is 54.4 Å². The van der Waals surface area contributed by atoms with Crippen molar-refractivity contribution in [1.29, 1.82) is 0 Å². The number of aromatic nitrogens is 1. The van der Waals surface area contributed by atoms with Gasteiger partial charge in [-0.15, -0.1) is 0 Å². The first-order valence-corrected chi connectivity index (χ1v) is 11.9. The highest BCUT2D eigenvalue weighted by atomic mass is 32.2. The lowest BCUT2D eigenvalue weighted by Crippen LogP contribution is -2.46. The molecule has 3 heterocycles. The molecular weight excluding hydrogens is 386 g/mol. The number of carbonyl (C=O) groups excluding carboxylic acids is 1. The van der Waals surface area contributed by atoms with Crippen LogP contribution < -0.4 is 0 Å². The fourth-order valence-electron chi connectivity index (χ4n) is 4.44. The van der Waals surface area contributed by atoms with Gasteiger partial charge in [-0.2, -0.15) is 4.31 Å². The van der Waals surface area contributed by atoms with Crippen LogP contribution in [0.5, 0.6) is 0 Å². The Labute approximate surface area is 173 Å². The van der Waals surface area contributed by atoms with Crippen molar-refractivity contribution < 1.29 is 13.2 Å². The van der Waals surface area contributed by atoms with Crippen LogP contribution in [0.3, 0.4) is 0 Å². The van der Waals surface area contributed by atoms with Crippen LogP contribution in [0, 0.1) is 12.8 Å². The molecule has 0 unspecified atom stereocenters. The molecule has 2 aliphatic rings. The summed E-state index contributed by atoms with van der Waals surface area (Å²) in [6, 6.07) is 11.5. The summed E-state index contributed by atoms with van der Waals surface area (Å²) < 4.78 is 29.5. The minimum atomic E-state index is -3.48. The van der Waals surface area contributed by atoms with Gasteiger partial charge >= 0.3 is 0 Å². The molecule has 1 aromatic carbocycles. The van der Waals surface area contributed by atoms with Crippen molar-refractivity contribution in [1.82, 2.24) is 13.8 Å². The Bertz CT molecular complexity index is 922. The summed E-state index contributed by atoms with van der Waals surface area (Å²) in [5, 5.41) is 0. The first-order valence-electron chi connectivity index (χ1n) is 10.4. The van der Waals surface area contributed by atoms with E-state index in [1.54, 1.807) is 12.1 Å². The Hall–Kier alpha value is -2.12. The Morgan fingerprint density at radius 2 is 1.48 bits per heavy atom. The molecule has 0 saturated carbocycles. The zero-order valence-corrected chi connectivity index (χ0v) is 17.7. The second-order valence-corrected chi connectivity index (χ2v) is 10.1. The second kappa shape index (κ2) is 8.32. The predicted octanol–water partition coefficient (Wildman–Crippen LogP) is 3.06. The number of carbonyl (C=O) groups is 1. The Kier molecular flexibility index (Phi) is 5.79. The van der Waals surface area contributed by atoms with E-state index in [-0.39, 0.29) is 11.8 Å². The molecule has 0 atom stereocenters. The molecule has 1 aromatic heterocycles. The first kappa shape index (κ1) is 20.2. The molecule has 0 N–H and O–H groups in total. The predicted molar refractivity (Wildman–Crippen MR) is 112 cm³/mol. The van der Waals surface area contributed by atoms with E-state index in [0.717, 1.165) is 31.5 Å². The molecule has 2 aromatic rings. The van der Waals surface area contributed by atoms with Crippen molar-refractivity contribution in [3.63, 3.8) is 0 Å². The van der Waals surface area contributed by atoms with E-state index in [1.807, 2.05) is 36.1 Å². The molecule has 4 rings (SSSR count). The third kappa shape index (κ3) is 4.26. The highest BCUT2D eigenvalue weighted by Crippen LogP contribution is 2.28. The topological polar surface area (TPSA) is 62.6 Å². The number of piperidine rings is 2. The van der Waals surface area contributed by atoms with Crippen LogP contribution in [-0.2, 0) is 14.8 Å². The molecule has 29 heavy (non-hydrogen) atoms. The molecule has 0 bridgehead atoms. The number of nitrogens with zero attached hydrogens (tertiary/aromatic N) is 3. The fourth-order valence-corrected chi connectivity index (χ4v) is 5.91. The largest absolute Gasteiger partial charge is 0.351 e. The second-order valence-electron chi connectivity index (χ2n) is 8.18. The zero-order chi connectivity index (χ0) is 20.4. The lowest BCUT2D eigenvalue weighted by atomic mass is 9.95. The van der Waals surface area contributed by atoms with Crippen LogP contribution in [0.2, 0.25) is 0 Å². The van der Waals surface area contributed by atoms with Crippen LogP contribution in [0.1, 0.15) is 37.3 Å². The number of rotatable bonds is 4. The monoisotopic (exact) mass is 415 g/mol. The maximum absolute atomic E-state index is 13.0. The lowest BCUT2D eigenvalue weighted by molar-refractivity contribution is -0.138. The summed E-state index contributed by atoms with van der Waals surface area (Å²) in [6.45, 7) is 4.32. The van der Waals surface area contributed by atoms with Crippen molar-refractivity contribution in [2.24, 2.45) is 5.92 Å². The SMILES string of the molecule is Cc1ccc(S(=O)(=O)N2CCC(C(=O)N3CCC(n4cccc4)CC3)CC2)cc1. The highest BCUT2D eigenvalue weighted by molar-refractivity contribution is 7.89. The molecule has 2 fully saturated rings. The summed E-state index contributed by atoms with van der Waals surface area (Å²) in [6.07, 6.45) is 7.32. The normalized spacial score (nSPS) is 20.1. The van der Waals surface area contributed by atoms with E-state index in [2.05, 4.69) is 17.0 Å². The summed E-state index contributed by atoms with van der Waals surface area (Å²) >= 11 is 0. The molecule has 0 radical (unpaired) electrons. The Morgan fingerprint density at radius 1 is 0.897 bits per heavy atom. The van der Waals surface area contributed by atoms with E-state index in [9.17, 15) is 13.2 Å². The summed E-state index contributed by atoms with van der Waals surface area (Å²) in [5.74, 6) is 0.130. The maximum Gasteiger partial charge on any atom is 0.243 e. The highest BCUT2D eigenvalue weighted by Gasteiger charge is 2.34. The van der Waals surface area contributed by atoms with Gasteiger partial charge in [0.15, 0.2) is 0 Å². The van der Waals surface area contributed by atoms with Crippen LogP contribution in [-0.4, -0.2) is 54.3 Å². The summed E-state index contributed by atoms with van der Waals surface area (Å²) in [5.41, 5.74) is 1.04. The van der Waals surface area contributed by atoms with Crippen LogP contribution in [0.15, 0.2) is 53.7 Å². The minimum Gasteiger partial charge on any atom is -0.351 e. The molecule has 156 valence electrons. The molecule has 0 aliphatic carbocycles. The molecular formula is C22H29N3O3S. The Morgan fingerprint density at radius 3 is 2.07 bits per heavy atom. The quantitative estimate of drug-likeness (QED) is 0.771. The number of aryl methyl sites for hydroxylation is 1. The number of benzene rings is 1. The van der Waals surface area contributed by atoms with Crippen LogP contribution in [0.25, 0.3) is 0 Å². The standard InChI is InChI=1S/C22H29N3O3S/c1-18-4-6-21(7-5-18)29(27,28)25-16-8-19(9-17-25)22(26)24-14-10-20(11-15-24)23-12-2-3-13-23/h2-7,12-13,19-20H,8-11,14-17H2,1H3. The van der Waals surface area contributed by atoms with E-state index < -0.39 is 10.0 Å². The van der Waals surface area contributed by atoms with Gasteiger partial charge < -0.3 is 9.47 Å². The minimum absolute atomic E-state index is 0.0670. The molecule has 1 amide bonds. The zero-order valence-electron chi connectivity index (χ0n) is 16.9. The van der Waals surface area contributed by atoms with E-state index in [0.29, 0.717) is 36.9 Å². The van der Waals surface area contributed by atoms with Gasteiger partial charge in [0.2, 0.25) is 15.9 Å². The van der Waals surface area contributed by atoms with Crippen molar-refractivity contribution >= 4 is 15.9 Å². The van der Waals surface area contributed by atoms with E-state index >= 15 is 0 Å². The molecule has 6 nitrogen and oxygen atoms in total. The van der Waals surface area contributed by atoms with E-state index in [4.69, 9.17) is 0 Å².